The Morgan fingerprint density at radius 2 is 2.12 bits per heavy atom. The van der Waals surface area contributed by atoms with Crippen LogP contribution in [0.5, 0.6) is 0 Å². The lowest BCUT2D eigenvalue weighted by atomic mass is 9.91. The number of nitrogen functional groups attached to an aromatic ring is 1. The second kappa shape index (κ2) is 4.03. The highest BCUT2D eigenvalue weighted by Crippen LogP contribution is 2.31. The second-order valence-corrected chi connectivity index (χ2v) is 3.96. The van der Waals surface area contributed by atoms with Crippen molar-refractivity contribution in [2.75, 3.05) is 12.3 Å². The van der Waals surface area contributed by atoms with E-state index in [-0.39, 0.29) is 0 Å². The van der Waals surface area contributed by atoms with Gasteiger partial charge in [-0.2, -0.15) is 13.2 Å². The van der Waals surface area contributed by atoms with Gasteiger partial charge in [-0.3, -0.25) is 4.79 Å². The van der Waals surface area contributed by atoms with Crippen molar-refractivity contribution in [3.05, 3.63) is 29.3 Å². The Balaban J connectivity index is 2.41. The van der Waals surface area contributed by atoms with Gasteiger partial charge in [-0.25, -0.2) is 0 Å². The Morgan fingerprint density at radius 3 is 2.76 bits per heavy atom. The molecule has 0 amide bonds. The van der Waals surface area contributed by atoms with E-state index in [0.717, 1.165) is 5.56 Å². The first-order chi connectivity index (χ1) is 7.89. The van der Waals surface area contributed by atoms with Gasteiger partial charge in [0, 0.05) is 12.2 Å². The zero-order valence-electron chi connectivity index (χ0n) is 8.84. The van der Waals surface area contributed by atoms with Crippen molar-refractivity contribution >= 4 is 11.5 Å². The third kappa shape index (κ3) is 2.26. The van der Waals surface area contributed by atoms with Crippen molar-refractivity contribution in [3.63, 3.8) is 0 Å². The van der Waals surface area contributed by atoms with E-state index in [2.05, 4.69) is 5.32 Å². The molecule has 17 heavy (non-hydrogen) atoms. The summed E-state index contributed by atoms with van der Waals surface area (Å²) in [5.41, 5.74) is 6.96. The van der Waals surface area contributed by atoms with Gasteiger partial charge in [0.1, 0.15) is 6.04 Å². The number of ketones is 1. The first kappa shape index (κ1) is 11.9. The largest absolute Gasteiger partial charge is 0.452 e. The van der Waals surface area contributed by atoms with Crippen molar-refractivity contribution in [1.82, 2.24) is 5.32 Å². The van der Waals surface area contributed by atoms with E-state index in [1.807, 2.05) is 0 Å². The molecule has 0 bridgehead atoms. The quantitative estimate of drug-likeness (QED) is 0.737. The molecule has 6 heteroatoms. The molecular formula is C11H11F3N2O. The minimum Gasteiger partial charge on any atom is -0.399 e. The maximum absolute atomic E-state index is 12.4. The molecule has 1 aliphatic heterocycles. The number of benzene rings is 1. The molecule has 2 rings (SSSR count). The molecule has 0 aromatic heterocycles. The van der Waals surface area contributed by atoms with Crippen LogP contribution >= 0.6 is 0 Å². The summed E-state index contributed by atoms with van der Waals surface area (Å²) in [6, 6.07) is 3.39. The second-order valence-electron chi connectivity index (χ2n) is 3.96. The summed E-state index contributed by atoms with van der Waals surface area (Å²) in [4.78, 5) is 11.3. The fourth-order valence-corrected chi connectivity index (χ4v) is 1.97. The predicted molar refractivity (Wildman–Crippen MR) is 56.4 cm³/mol. The molecule has 1 aromatic rings. The van der Waals surface area contributed by atoms with Gasteiger partial charge in [-0.05, 0) is 29.7 Å². The van der Waals surface area contributed by atoms with Crippen LogP contribution in [0.15, 0.2) is 18.2 Å². The first-order valence-corrected chi connectivity index (χ1v) is 5.12. The molecular weight excluding hydrogens is 233 g/mol. The van der Waals surface area contributed by atoms with E-state index in [1.54, 1.807) is 12.1 Å². The minimum absolute atomic E-state index is 0.332. The zero-order valence-corrected chi connectivity index (χ0v) is 8.84. The summed E-state index contributed by atoms with van der Waals surface area (Å²) in [6.07, 6.45) is -4.24. The number of alkyl halides is 3. The maximum Gasteiger partial charge on any atom is 0.452 e. The molecule has 1 heterocycles. The lowest BCUT2D eigenvalue weighted by Gasteiger charge is -2.26. The fraction of sp³-hybridized carbons (Fsp3) is 0.364. The van der Waals surface area contributed by atoms with Crippen molar-refractivity contribution < 1.29 is 18.0 Å². The van der Waals surface area contributed by atoms with Crippen LogP contribution < -0.4 is 11.1 Å². The van der Waals surface area contributed by atoms with Crippen LogP contribution in [-0.4, -0.2) is 18.5 Å². The van der Waals surface area contributed by atoms with Gasteiger partial charge in [-0.1, -0.05) is 6.07 Å². The summed E-state index contributed by atoms with van der Waals surface area (Å²) < 4.78 is 37.2. The van der Waals surface area contributed by atoms with Gasteiger partial charge < -0.3 is 11.1 Å². The van der Waals surface area contributed by atoms with Gasteiger partial charge in [0.25, 0.3) is 5.78 Å². The molecule has 1 atom stereocenters. The monoisotopic (exact) mass is 244 g/mol. The van der Waals surface area contributed by atoms with Gasteiger partial charge in [0.15, 0.2) is 0 Å². The van der Waals surface area contributed by atoms with E-state index in [9.17, 15) is 18.0 Å². The Morgan fingerprint density at radius 1 is 1.41 bits per heavy atom. The molecule has 0 saturated heterocycles. The van der Waals surface area contributed by atoms with Crippen molar-refractivity contribution in [3.8, 4) is 0 Å². The van der Waals surface area contributed by atoms with Crippen LogP contribution in [0.2, 0.25) is 0 Å². The highest BCUT2D eigenvalue weighted by molar-refractivity contribution is 5.90. The number of anilines is 1. The van der Waals surface area contributed by atoms with Gasteiger partial charge in [0.2, 0.25) is 0 Å². The summed E-state index contributed by atoms with van der Waals surface area (Å²) in [6.45, 7) is 0.351. The lowest BCUT2D eigenvalue weighted by molar-refractivity contribution is -0.173. The maximum atomic E-state index is 12.4. The molecule has 0 spiro atoms. The summed E-state index contributed by atoms with van der Waals surface area (Å²) in [7, 11) is 0. The normalized spacial score (nSPS) is 19.8. The van der Waals surface area contributed by atoms with E-state index < -0.39 is 18.0 Å². The van der Waals surface area contributed by atoms with Crippen LogP contribution in [0.25, 0.3) is 0 Å². The molecule has 1 aliphatic rings. The summed E-state index contributed by atoms with van der Waals surface area (Å²) in [5.74, 6) is -1.77. The third-order valence-electron chi connectivity index (χ3n) is 2.77. The van der Waals surface area contributed by atoms with E-state index in [1.165, 1.54) is 6.07 Å². The fourth-order valence-electron chi connectivity index (χ4n) is 1.97. The molecule has 0 saturated carbocycles. The van der Waals surface area contributed by atoms with E-state index in [0.29, 0.717) is 24.2 Å². The number of halogens is 3. The van der Waals surface area contributed by atoms with Gasteiger partial charge in [-0.15, -0.1) is 0 Å². The Hall–Kier alpha value is -1.56. The van der Waals surface area contributed by atoms with Gasteiger partial charge >= 0.3 is 6.18 Å². The van der Waals surface area contributed by atoms with Crippen LogP contribution in [0.4, 0.5) is 18.9 Å². The topological polar surface area (TPSA) is 55.1 Å². The van der Waals surface area contributed by atoms with Crippen molar-refractivity contribution in [2.24, 2.45) is 0 Å². The summed E-state index contributed by atoms with van der Waals surface area (Å²) in [5, 5.41) is 2.58. The van der Waals surface area contributed by atoms with Crippen molar-refractivity contribution in [1.29, 1.82) is 0 Å². The molecule has 1 unspecified atom stereocenters. The third-order valence-corrected chi connectivity index (χ3v) is 2.77. The highest BCUT2D eigenvalue weighted by Gasteiger charge is 2.45. The lowest BCUT2D eigenvalue weighted by Crippen LogP contribution is -2.41. The molecule has 92 valence electrons. The number of fused-ring (bicyclic) bond motifs is 1. The SMILES string of the molecule is Nc1ccc2c(c1)C(C(=O)C(F)(F)F)NCC2. The van der Waals surface area contributed by atoms with E-state index in [4.69, 9.17) is 5.73 Å². The number of hydrogen-bond donors (Lipinski definition) is 2. The van der Waals surface area contributed by atoms with Crippen LogP contribution in [0.1, 0.15) is 17.2 Å². The van der Waals surface area contributed by atoms with E-state index >= 15 is 0 Å². The number of hydrogen-bond acceptors (Lipinski definition) is 3. The average molecular weight is 244 g/mol. The molecule has 0 radical (unpaired) electrons. The molecule has 3 N–H and O–H groups in total. The summed E-state index contributed by atoms with van der Waals surface area (Å²) >= 11 is 0. The van der Waals surface area contributed by atoms with Crippen LogP contribution in [0.3, 0.4) is 0 Å². The minimum atomic E-state index is -4.84. The van der Waals surface area contributed by atoms with Crippen LogP contribution in [-0.2, 0) is 11.2 Å². The zero-order chi connectivity index (χ0) is 12.6. The van der Waals surface area contributed by atoms with Gasteiger partial charge in [0.05, 0.1) is 0 Å². The Bertz CT molecular complexity index is 457. The highest BCUT2D eigenvalue weighted by atomic mass is 19.4. The standard InChI is InChI=1S/C11H11F3N2O/c12-11(13,14)10(17)9-8-5-7(15)2-1-6(8)3-4-16-9/h1-2,5,9,16H,3-4,15H2. The predicted octanol–water partition coefficient (Wildman–Crippen LogP) is 1.59. The van der Waals surface area contributed by atoms with Crippen molar-refractivity contribution in [2.45, 2.75) is 18.6 Å². The number of Topliss-reactive ketones (excluding diaryl/α,β-unsaturated/α-hetero) is 1. The molecule has 1 aromatic carbocycles. The smallest absolute Gasteiger partial charge is 0.399 e. The molecule has 0 fully saturated rings. The average Bonchev–Trinajstić information content (AvgIpc) is 2.26. The number of nitrogens with two attached hydrogens (primary N) is 1. The molecule has 3 nitrogen and oxygen atoms in total. The Kier molecular flexibility index (Phi) is 2.82. The number of carbonyl (C=O) groups excluding carboxylic acids is 1. The first-order valence-electron chi connectivity index (χ1n) is 5.12. The van der Waals surface area contributed by atoms with Crippen LogP contribution in [0, 0.1) is 0 Å². The Labute approximate surface area is 95.8 Å². The number of carbonyl (C=O) groups is 1. The number of rotatable bonds is 1. The molecule has 0 aliphatic carbocycles. The number of nitrogens with one attached hydrogen (secondary N) is 1.